The first-order chi connectivity index (χ1) is 8.90. The molecule has 1 aromatic carbocycles. The summed E-state index contributed by atoms with van der Waals surface area (Å²) in [4.78, 5) is -0.374. The molecule has 1 aromatic rings. The third kappa shape index (κ3) is 3.40. The maximum atomic E-state index is 13.7. The Morgan fingerprint density at radius 2 is 2.26 bits per heavy atom. The van der Waals surface area contributed by atoms with Gasteiger partial charge in [-0.05, 0) is 48.5 Å². The van der Waals surface area contributed by atoms with Gasteiger partial charge >= 0.3 is 0 Å². The van der Waals surface area contributed by atoms with Crippen molar-refractivity contribution in [3.05, 3.63) is 23.5 Å². The minimum atomic E-state index is -3.83. The molecule has 7 heteroatoms. The van der Waals surface area contributed by atoms with Gasteiger partial charge in [-0.1, -0.05) is 0 Å². The predicted molar refractivity (Wildman–Crippen MR) is 76.2 cm³/mol. The summed E-state index contributed by atoms with van der Waals surface area (Å²) in [7, 11) is -3.83. The minimum absolute atomic E-state index is 0.276. The number of nitrogens with one attached hydrogen (secondary N) is 1. The molecule has 1 unspecified atom stereocenters. The number of halogens is 1. The molecule has 3 N–H and O–H groups in total. The van der Waals surface area contributed by atoms with Gasteiger partial charge in [-0.25, -0.2) is 17.5 Å². The molecule has 1 heterocycles. The molecule has 106 valence electrons. The lowest BCUT2D eigenvalue weighted by Gasteiger charge is -2.12. The highest BCUT2D eigenvalue weighted by Gasteiger charge is 2.23. The van der Waals surface area contributed by atoms with Crippen molar-refractivity contribution in [1.82, 2.24) is 4.72 Å². The van der Waals surface area contributed by atoms with E-state index < -0.39 is 15.8 Å². The van der Waals surface area contributed by atoms with Crippen molar-refractivity contribution in [2.45, 2.75) is 18.2 Å². The molecule has 0 aliphatic carbocycles. The molecule has 4 nitrogen and oxygen atoms in total. The highest BCUT2D eigenvalue weighted by atomic mass is 32.2. The molecule has 1 aliphatic heterocycles. The second-order valence-electron chi connectivity index (χ2n) is 4.72. The number of hydrogen-bond acceptors (Lipinski definition) is 4. The summed E-state index contributed by atoms with van der Waals surface area (Å²) in [5.74, 6) is 1.56. The maximum absolute atomic E-state index is 13.7. The number of benzene rings is 1. The van der Waals surface area contributed by atoms with E-state index in [1.54, 1.807) is 6.92 Å². The topological polar surface area (TPSA) is 72.2 Å². The minimum Gasteiger partial charge on any atom is -0.398 e. The molecule has 19 heavy (non-hydrogen) atoms. The summed E-state index contributed by atoms with van der Waals surface area (Å²) < 4.78 is 40.3. The SMILES string of the molecule is Cc1cc(F)c(S(=O)(=O)NCC2CCSC2)cc1N. The van der Waals surface area contributed by atoms with Gasteiger partial charge in [0.25, 0.3) is 0 Å². The number of aryl methyl sites for hydroxylation is 1. The van der Waals surface area contributed by atoms with Crippen LogP contribution in [-0.2, 0) is 10.0 Å². The first kappa shape index (κ1) is 14.6. The monoisotopic (exact) mass is 304 g/mol. The van der Waals surface area contributed by atoms with E-state index in [2.05, 4.69) is 4.72 Å². The Bertz CT molecular complexity index is 569. The van der Waals surface area contributed by atoms with Crippen LogP contribution in [0.1, 0.15) is 12.0 Å². The van der Waals surface area contributed by atoms with E-state index in [0.717, 1.165) is 24.0 Å². The average molecular weight is 304 g/mol. The van der Waals surface area contributed by atoms with Crippen LogP contribution in [0.15, 0.2) is 17.0 Å². The molecule has 2 rings (SSSR count). The van der Waals surface area contributed by atoms with Crippen LogP contribution in [0, 0.1) is 18.7 Å². The molecule has 0 bridgehead atoms. The molecular formula is C12H17FN2O2S2. The quantitative estimate of drug-likeness (QED) is 0.831. The van der Waals surface area contributed by atoms with Crippen LogP contribution in [0.2, 0.25) is 0 Å². The number of nitrogens with two attached hydrogens (primary N) is 1. The highest BCUT2D eigenvalue weighted by Crippen LogP contribution is 2.24. The fourth-order valence-electron chi connectivity index (χ4n) is 1.92. The molecule has 1 atom stereocenters. The Balaban J connectivity index is 2.16. The predicted octanol–water partition coefficient (Wildman–Crippen LogP) is 1.75. The Hall–Kier alpha value is -0.790. The molecule has 0 spiro atoms. The molecule has 1 fully saturated rings. The molecular weight excluding hydrogens is 287 g/mol. The largest absolute Gasteiger partial charge is 0.398 e. The third-order valence-corrected chi connectivity index (χ3v) is 5.87. The van der Waals surface area contributed by atoms with E-state index >= 15 is 0 Å². The zero-order valence-corrected chi connectivity index (χ0v) is 12.3. The Morgan fingerprint density at radius 3 is 2.89 bits per heavy atom. The highest BCUT2D eigenvalue weighted by molar-refractivity contribution is 7.99. The van der Waals surface area contributed by atoms with Gasteiger partial charge in [0.1, 0.15) is 10.7 Å². The van der Waals surface area contributed by atoms with E-state index in [-0.39, 0.29) is 10.6 Å². The van der Waals surface area contributed by atoms with Crippen molar-refractivity contribution < 1.29 is 12.8 Å². The molecule has 1 saturated heterocycles. The summed E-state index contributed by atoms with van der Waals surface area (Å²) in [6.07, 6.45) is 0.992. The van der Waals surface area contributed by atoms with Crippen LogP contribution in [-0.4, -0.2) is 26.5 Å². The summed E-state index contributed by atoms with van der Waals surface area (Å²) in [5, 5.41) is 0. The lowest BCUT2D eigenvalue weighted by atomic mass is 10.1. The zero-order valence-electron chi connectivity index (χ0n) is 10.6. The van der Waals surface area contributed by atoms with Gasteiger partial charge < -0.3 is 5.73 Å². The first-order valence-corrected chi connectivity index (χ1v) is 8.67. The number of anilines is 1. The molecule has 0 radical (unpaired) electrons. The number of nitrogen functional groups attached to an aromatic ring is 1. The smallest absolute Gasteiger partial charge is 0.243 e. The van der Waals surface area contributed by atoms with E-state index in [0.29, 0.717) is 18.0 Å². The van der Waals surface area contributed by atoms with Crippen LogP contribution < -0.4 is 10.5 Å². The number of sulfonamides is 1. The summed E-state index contributed by atoms with van der Waals surface area (Å²) >= 11 is 1.81. The van der Waals surface area contributed by atoms with Crippen LogP contribution in [0.4, 0.5) is 10.1 Å². The van der Waals surface area contributed by atoms with E-state index in [1.165, 1.54) is 6.07 Å². The second kappa shape index (κ2) is 5.68. The van der Waals surface area contributed by atoms with Crippen molar-refractivity contribution in [3.63, 3.8) is 0 Å². The second-order valence-corrected chi connectivity index (χ2v) is 7.61. The normalized spacial score (nSPS) is 19.8. The summed E-state index contributed by atoms with van der Waals surface area (Å²) in [6, 6.07) is 2.33. The Kier molecular flexibility index (Phi) is 4.37. The molecule has 0 aromatic heterocycles. The van der Waals surface area contributed by atoms with E-state index in [4.69, 9.17) is 5.73 Å². The molecule has 1 aliphatic rings. The standard InChI is InChI=1S/C12H17FN2O2S2/c1-8-4-10(13)12(5-11(8)14)19(16,17)15-6-9-2-3-18-7-9/h4-5,9,15H,2-3,6-7,14H2,1H3. The fourth-order valence-corrected chi connectivity index (χ4v) is 4.42. The van der Waals surface area contributed by atoms with Gasteiger partial charge in [0.15, 0.2) is 0 Å². The van der Waals surface area contributed by atoms with Gasteiger partial charge in [0.05, 0.1) is 0 Å². The van der Waals surface area contributed by atoms with Gasteiger partial charge in [0.2, 0.25) is 10.0 Å². The van der Waals surface area contributed by atoms with Crippen LogP contribution >= 0.6 is 11.8 Å². The summed E-state index contributed by atoms with van der Waals surface area (Å²) in [6.45, 7) is 1.99. The zero-order chi connectivity index (χ0) is 14.0. The lowest BCUT2D eigenvalue weighted by molar-refractivity contribution is 0.534. The van der Waals surface area contributed by atoms with Crippen LogP contribution in [0.5, 0.6) is 0 Å². The number of thioether (sulfide) groups is 1. The van der Waals surface area contributed by atoms with E-state index in [9.17, 15) is 12.8 Å². The van der Waals surface area contributed by atoms with Gasteiger partial charge in [0, 0.05) is 12.2 Å². The van der Waals surface area contributed by atoms with Gasteiger partial charge in [-0.15, -0.1) is 0 Å². The third-order valence-electron chi connectivity index (χ3n) is 3.20. The van der Waals surface area contributed by atoms with Crippen LogP contribution in [0.3, 0.4) is 0 Å². The molecule has 0 saturated carbocycles. The van der Waals surface area contributed by atoms with Gasteiger partial charge in [-0.3, -0.25) is 0 Å². The Labute approximate surface area is 117 Å². The van der Waals surface area contributed by atoms with Crippen molar-refractivity contribution in [3.8, 4) is 0 Å². The maximum Gasteiger partial charge on any atom is 0.243 e. The number of hydrogen-bond donors (Lipinski definition) is 2. The van der Waals surface area contributed by atoms with Crippen molar-refractivity contribution in [1.29, 1.82) is 0 Å². The van der Waals surface area contributed by atoms with Crippen molar-refractivity contribution >= 4 is 27.5 Å². The van der Waals surface area contributed by atoms with Crippen LogP contribution in [0.25, 0.3) is 0 Å². The van der Waals surface area contributed by atoms with Crippen molar-refractivity contribution in [2.24, 2.45) is 5.92 Å². The average Bonchev–Trinajstić information content (AvgIpc) is 2.84. The van der Waals surface area contributed by atoms with Gasteiger partial charge in [-0.2, -0.15) is 11.8 Å². The fraction of sp³-hybridized carbons (Fsp3) is 0.500. The summed E-state index contributed by atoms with van der Waals surface area (Å²) in [5.41, 5.74) is 6.45. The Morgan fingerprint density at radius 1 is 1.53 bits per heavy atom. The van der Waals surface area contributed by atoms with E-state index in [1.807, 2.05) is 11.8 Å². The number of rotatable bonds is 4. The van der Waals surface area contributed by atoms with Crippen molar-refractivity contribution in [2.75, 3.05) is 23.8 Å². The lowest BCUT2D eigenvalue weighted by Crippen LogP contribution is -2.30. The first-order valence-electron chi connectivity index (χ1n) is 6.03. The molecule has 0 amide bonds.